The van der Waals surface area contributed by atoms with Gasteiger partial charge in [-0.1, -0.05) is 25.0 Å². The van der Waals surface area contributed by atoms with Crippen molar-refractivity contribution in [3.63, 3.8) is 0 Å². The van der Waals surface area contributed by atoms with Gasteiger partial charge in [0.05, 0.1) is 18.3 Å². The summed E-state index contributed by atoms with van der Waals surface area (Å²) >= 11 is 0. The average molecular weight is 316 g/mol. The summed E-state index contributed by atoms with van der Waals surface area (Å²) in [5.41, 5.74) is 4.25. The van der Waals surface area contributed by atoms with E-state index in [1.54, 1.807) is 11.1 Å². The normalized spacial score (nSPS) is 30.9. The van der Waals surface area contributed by atoms with E-state index in [9.17, 15) is 0 Å². The van der Waals surface area contributed by atoms with E-state index in [1.165, 1.54) is 57.4 Å². The molecule has 0 bridgehead atoms. The van der Waals surface area contributed by atoms with Crippen molar-refractivity contribution in [2.24, 2.45) is 17.3 Å². The van der Waals surface area contributed by atoms with Gasteiger partial charge in [-0.25, -0.2) is 0 Å². The Labute approximate surface area is 142 Å². The second kappa shape index (κ2) is 5.37. The van der Waals surface area contributed by atoms with Crippen LogP contribution in [0.4, 0.5) is 0 Å². The summed E-state index contributed by atoms with van der Waals surface area (Å²) in [6.07, 6.45) is 10.5. The van der Waals surface area contributed by atoms with Crippen LogP contribution in [0.25, 0.3) is 0 Å². The molecule has 0 aromatic carbocycles. The molecule has 0 N–H and O–H groups in total. The molecule has 128 valence electrons. The fraction of sp³-hybridized carbons (Fsp3) is 0.810. The van der Waals surface area contributed by atoms with Crippen LogP contribution in [0.15, 0.2) is 23.0 Å². The van der Waals surface area contributed by atoms with Crippen LogP contribution in [-0.2, 0) is 4.74 Å². The summed E-state index contributed by atoms with van der Waals surface area (Å²) in [7, 11) is 0. The Hall–Kier alpha value is -0.760. The van der Waals surface area contributed by atoms with Gasteiger partial charge >= 0.3 is 0 Å². The highest BCUT2D eigenvalue weighted by Crippen LogP contribution is 2.48. The standard InChI is InChI=1S/C21H33NO/c1-20(2,18-10-17-14-23-19(17)11-18)8-9-21(3,4)22-12-15-6-5-7-16(15)13-22/h11,17-18H,5-10,12-14H2,1-4H3. The maximum atomic E-state index is 5.60. The maximum absolute atomic E-state index is 5.60. The number of nitrogens with zero attached hydrogens (tertiary/aromatic N) is 1. The van der Waals surface area contributed by atoms with Crippen molar-refractivity contribution in [3.8, 4) is 0 Å². The van der Waals surface area contributed by atoms with Crippen LogP contribution >= 0.6 is 0 Å². The van der Waals surface area contributed by atoms with Crippen LogP contribution in [0.2, 0.25) is 0 Å². The highest BCUT2D eigenvalue weighted by molar-refractivity contribution is 5.28. The van der Waals surface area contributed by atoms with Crippen molar-refractivity contribution in [1.29, 1.82) is 0 Å². The predicted octanol–water partition coefficient (Wildman–Crippen LogP) is 4.92. The van der Waals surface area contributed by atoms with Gasteiger partial charge in [-0.3, -0.25) is 4.90 Å². The molecule has 0 aromatic heterocycles. The highest BCUT2D eigenvalue weighted by atomic mass is 16.5. The first-order chi connectivity index (χ1) is 10.9. The smallest absolute Gasteiger partial charge is 0.0988 e. The zero-order valence-electron chi connectivity index (χ0n) is 15.5. The van der Waals surface area contributed by atoms with Crippen LogP contribution in [0.3, 0.4) is 0 Å². The fourth-order valence-corrected chi connectivity index (χ4v) is 4.95. The van der Waals surface area contributed by atoms with Crippen molar-refractivity contribution >= 4 is 0 Å². The minimum absolute atomic E-state index is 0.322. The third-order valence-corrected chi connectivity index (χ3v) is 7.22. The Kier molecular flexibility index (Phi) is 3.68. The van der Waals surface area contributed by atoms with Gasteiger partial charge in [-0.05, 0) is 69.8 Å². The number of allylic oxidation sites excluding steroid dienone is 1. The van der Waals surface area contributed by atoms with Gasteiger partial charge < -0.3 is 4.74 Å². The van der Waals surface area contributed by atoms with E-state index in [-0.39, 0.29) is 0 Å². The highest BCUT2D eigenvalue weighted by Gasteiger charge is 2.42. The minimum Gasteiger partial charge on any atom is -0.497 e. The lowest BCUT2D eigenvalue weighted by molar-refractivity contribution is 0.0478. The number of hydrogen-bond donors (Lipinski definition) is 0. The molecule has 4 rings (SSSR count). The zero-order valence-corrected chi connectivity index (χ0v) is 15.5. The van der Waals surface area contributed by atoms with Crippen molar-refractivity contribution in [2.45, 2.75) is 71.8 Å². The third-order valence-electron chi connectivity index (χ3n) is 7.22. The largest absolute Gasteiger partial charge is 0.497 e. The quantitative estimate of drug-likeness (QED) is 0.668. The summed E-state index contributed by atoms with van der Waals surface area (Å²) in [4.78, 5) is 2.74. The van der Waals surface area contributed by atoms with Gasteiger partial charge in [-0.15, -0.1) is 0 Å². The lowest BCUT2D eigenvalue weighted by Crippen LogP contribution is -2.44. The molecule has 23 heavy (non-hydrogen) atoms. The third kappa shape index (κ3) is 2.77. The Morgan fingerprint density at radius 2 is 1.78 bits per heavy atom. The van der Waals surface area contributed by atoms with E-state index in [1.807, 2.05) is 0 Å². The molecule has 2 atom stereocenters. The molecule has 2 heteroatoms. The Bertz CT molecular complexity index is 538. The summed E-state index contributed by atoms with van der Waals surface area (Å²) < 4.78 is 5.60. The van der Waals surface area contributed by atoms with Gasteiger partial charge in [0.1, 0.15) is 0 Å². The number of fused-ring (bicyclic) bond motifs is 1. The topological polar surface area (TPSA) is 12.5 Å². The first-order valence-corrected chi connectivity index (χ1v) is 9.64. The predicted molar refractivity (Wildman–Crippen MR) is 95.2 cm³/mol. The van der Waals surface area contributed by atoms with Crippen LogP contribution in [0, 0.1) is 17.3 Å². The molecular formula is C21H33NO. The molecule has 2 heterocycles. The molecule has 0 radical (unpaired) electrons. The molecule has 0 aromatic rings. The second-order valence-corrected chi connectivity index (χ2v) is 9.64. The number of hydrogen-bond acceptors (Lipinski definition) is 2. The minimum atomic E-state index is 0.322. The zero-order chi connectivity index (χ0) is 16.2. The van der Waals surface area contributed by atoms with Gasteiger partial charge in [-0.2, -0.15) is 0 Å². The lowest BCUT2D eigenvalue weighted by atomic mass is 9.72. The van der Waals surface area contributed by atoms with Gasteiger partial charge in [0.15, 0.2) is 0 Å². The van der Waals surface area contributed by atoms with Crippen molar-refractivity contribution in [2.75, 3.05) is 19.7 Å². The molecule has 2 aliphatic carbocycles. The van der Waals surface area contributed by atoms with Crippen LogP contribution in [0.1, 0.15) is 66.2 Å². The maximum Gasteiger partial charge on any atom is 0.0988 e. The molecule has 0 amide bonds. The molecule has 2 aliphatic heterocycles. The second-order valence-electron chi connectivity index (χ2n) is 9.64. The first-order valence-electron chi connectivity index (χ1n) is 9.64. The number of rotatable bonds is 5. The molecular weight excluding hydrogens is 282 g/mol. The SMILES string of the molecule is CC(C)(CCC(C)(C)N1CC2=C(CCC2)C1)C1C=C2OCC2C1. The monoisotopic (exact) mass is 315 g/mol. The average Bonchev–Trinajstić information content (AvgIpc) is 3.11. The van der Waals surface area contributed by atoms with E-state index >= 15 is 0 Å². The van der Waals surface area contributed by atoms with Crippen LogP contribution in [-0.4, -0.2) is 30.1 Å². The van der Waals surface area contributed by atoms with E-state index in [0.717, 1.165) is 12.5 Å². The van der Waals surface area contributed by atoms with Crippen molar-refractivity contribution < 1.29 is 4.74 Å². The van der Waals surface area contributed by atoms with E-state index < -0.39 is 0 Å². The first kappa shape index (κ1) is 15.7. The Morgan fingerprint density at radius 3 is 2.30 bits per heavy atom. The summed E-state index contributed by atoms with van der Waals surface area (Å²) in [5, 5.41) is 0. The van der Waals surface area contributed by atoms with Crippen LogP contribution in [0.5, 0.6) is 0 Å². The van der Waals surface area contributed by atoms with Crippen molar-refractivity contribution in [1.82, 2.24) is 4.90 Å². The van der Waals surface area contributed by atoms with E-state index in [2.05, 4.69) is 38.7 Å². The molecule has 1 saturated heterocycles. The van der Waals surface area contributed by atoms with Crippen LogP contribution < -0.4 is 0 Å². The molecule has 0 saturated carbocycles. The summed E-state index contributed by atoms with van der Waals surface area (Å²) in [6.45, 7) is 13.3. The Morgan fingerprint density at radius 1 is 1.09 bits per heavy atom. The summed E-state index contributed by atoms with van der Waals surface area (Å²) in [6, 6.07) is 0. The van der Waals surface area contributed by atoms with E-state index in [4.69, 9.17) is 4.74 Å². The van der Waals surface area contributed by atoms with Gasteiger partial charge in [0.2, 0.25) is 0 Å². The van der Waals surface area contributed by atoms with E-state index in [0.29, 0.717) is 16.9 Å². The number of likely N-dealkylation sites (tertiary alicyclic amines) is 1. The molecule has 0 spiro atoms. The molecule has 4 aliphatic rings. The fourth-order valence-electron chi connectivity index (χ4n) is 4.95. The molecule has 1 fully saturated rings. The Balaban J connectivity index is 1.34. The van der Waals surface area contributed by atoms with Gasteiger partial charge in [0, 0.05) is 18.6 Å². The lowest BCUT2D eigenvalue weighted by Gasteiger charge is -2.40. The molecule has 2 unspecified atom stereocenters. The summed E-state index contributed by atoms with van der Waals surface area (Å²) in [5.74, 6) is 2.75. The molecule has 2 nitrogen and oxygen atoms in total. The van der Waals surface area contributed by atoms with Gasteiger partial charge in [0.25, 0.3) is 0 Å². The van der Waals surface area contributed by atoms with Crippen molar-refractivity contribution in [3.05, 3.63) is 23.0 Å². The number of ether oxygens (including phenoxy) is 1.